The highest BCUT2D eigenvalue weighted by Gasteiger charge is 1.99. The highest BCUT2D eigenvalue weighted by molar-refractivity contribution is 5.86. The first-order chi connectivity index (χ1) is 6.67. The Kier molecular flexibility index (Phi) is 3.08. The number of hydrogen-bond acceptors (Lipinski definition) is 3. The minimum absolute atomic E-state index is 0.410. The fourth-order valence-corrected chi connectivity index (χ4v) is 1.02. The van der Waals surface area contributed by atoms with Gasteiger partial charge in [0.1, 0.15) is 11.8 Å². The lowest BCUT2D eigenvalue weighted by atomic mass is 10.3. The van der Waals surface area contributed by atoms with Crippen molar-refractivity contribution in [3.8, 4) is 6.07 Å². The van der Waals surface area contributed by atoms with Crippen molar-refractivity contribution >= 4 is 12.0 Å². The average molecular weight is 190 g/mol. The van der Waals surface area contributed by atoms with Gasteiger partial charge in [0.05, 0.1) is 7.11 Å². The molecule has 4 heteroatoms. The number of carbonyl (C=O) groups is 1. The van der Waals surface area contributed by atoms with Gasteiger partial charge in [-0.3, -0.25) is 0 Å². The van der Waals surface area contributed by atoms with Crippen LogP contribution in [0.5, 0.6) is 0 Å². The highest BCUT2D eigenvalue weighted by Crippen LogP contribution is 2.07. The molecular weight excluding hydrogens is 180 g/mol. The normalized spacial score (nSPS) is 10.1. The first kappa shape index (κ1) is 10.1. The standard InChI is InChI=1S/C10H10N2O2/c1-12-7-8(5-9(12)6-11)3-4-10(13)14-2/h3-5,7H,1-2H3. The van der Waals surface area contributed by atoms with E-state index < -0.39 is 5.97 Å². The molecule has 1 heterocycles. The first-order valence-electron chi connectivity index (χ1n) is 4.00. The third kappa shape index (κ3) is 2.23. The number of nitriles is 1. The Hall–Kier alpha value is -2.02. The molecule has 14 heavy (non-hydrogen) atoms. The number of nitrogens with zero attached hydrogens (tertiary/aromatic N) is 2. The highest BCUT2D eigenvalue weighted by atomic mass is 16.5. The van der Waals surface area contributed by atoms with Gasteiger partial charge in [-0.1, -0.05) is 0 Å². The van der Waals surface area contributed by atoms with Gasteiger partial charge in [0.15, 0.2) is 0 Å². The Morgan fingerprint density at radius 1 is 1.71 bits per heavy atom. The number of esters is 1. The lowest BCUT2D eigenvalue weighted by Gasteiger charge is -1.88. The summed E-state index contributed by atoms with van der Waals surface area (Å²) in [5, 5.41) is 8.67. The molecule has 1 aromatic rings. The zero-order valence-corrected chi connectivity index (χ0v) is 8.02. The van der Waals surface area contributed by atoms with Crippen molar-refractivity contribution in [2.75, 3.05) is 7.11 Å². The van der Waals surface area contributed by atoms with Crippen LogP contribution in [0.1, 0.15) is 11.3 Å². The molecule has 1 rings (SSSR count). The molecular formula is C10H10N2O2. The van der Waals surface area contributed by atoms with Crippen molar-refractivity contribution in [3.05, 3.63) is 29.6 Å². The summed E-state index contributed by atoms with van der Waals surface area (Å²) in [6, 6.07) is 3.72. The summed E-state index contributed by atoms with van der Waals surface area (Å²) < 4.78 is 6.13. The van der Waals surface area contributed by atoms with E-state index in [1.54, 1.807) is 30.0 Å². The summed E-state index contributed by atoms with van der Waals surface area (Å²) in [6.07, 6.45) is 4.68. The number of hydrogen-bond donors (Lipinski definition) is 0. The molecule has 0 fully saturated rings. The average Bonchev–Trinajstić information content (AvgIpc) is 2.55. The maximum atomic E-state index is 10.8. The van der Waals surface area contributed by atoms with Gasteiger partial charge in [-0.15, -0.1) is 0 Å². The molecule has 0 unspecified atom stereocenters. The zero-order chi connectivity index (χ0) is 10.6. The van der Waals surface area contributed by atoms with Gasteiger partial charge in [0, 0.05) is 19.3 Å². The Morgan fingerprint density at radius 3 is 2.93 bits per heavy atom. The zero-order valence-electron chi connectivity index (χ0n) is 8.02. The van der Waals surface area contributed by atoms with Gasteiger partial charge in [-0.05, 0) is 17.7 Å². The van der Waals surface area contributed by atoms with Gasteiger partial charge in [-0.2, -0.15) is 5.26 Å². The van der Waals surface area contributed by atoms with E-state index in [-0.39, 0.29) is 0 Å². The molecule has 0 aromatic carbocycles. The van der Waals surface area contributed by atoms with Crippen molar-refractivity contribution in [1.29, 1.82) is 5.26 Å². The molecule has 0 saturated carbocycles. The molecule has 0 radical (unpaired) electrons. The maximum absolute atomic E-state index is 10.8. The molecule has 72 valence electrons. The number of methoxy groups -OCH3 is 1. The summed E-state index contributed by atoms with van der Waals surface area (Å²) in [7, 11) is 3.09. The second kappa shape index (κ2) is 4.28. The third-order valence-corrected chi connectivity index (χ3v) is 1.75. The van der Waals surface area contributed by atoms with E-state index >= 15 is 0 Å². The van der Waals surface area contributed by atoms with Crippen LogP contribution in [0.2, 0.25) is 0 Å². The van der Waals surface area contributed by atoms with Crippen LogP contribution in [-0.4, -0.2) is 17.6 Å². The van der Waals surface area contributed by atoms with Crippen LogP contribution in [-0.2, 0) is 16.6 Å². The number of carbonyl (C=O) groups excluding carboxylic acids is 1. The second-order valence-electron chi connectivity index (χ2n) is 2.74. The number of aryl methyl sites for hydroxylation is 1. The second-order valence-corrected chi connectivity index (χ2v) is 2.74. The van der Waals surface area contributed by atoms with E-state index in [1.807, 2.05) is 6.07 Å². The fraction of sp³-hybridized carbons (Fsp3) is 0.200. The van der Waals surface area contributed by atoms with E-state index in [2.05, 4.69) is 4.74 Å². The molecule has 0 amide bonds. The molecule has 0 aliphatic carbocycles. The van der Waals surface area contributed by atoms with Crippen LogP contribution in [0, 0.1) is 11.3 Å². The Balaban J connectivity index is 2.84. The number of aromatic nitrogens is 1. The minimum Gasteiger partial charge on any atom is -0.466 e. The molecule has 0 spiro atoms. The van der Waals surface area contributed by atoms with Crippen LogP contribution in [0.4, 0.5) is 0 Å². The largest absolute Gasteiger partial charge is 0.466 e. The molecule has 4 nitrogen and oxygen atoms in total. The smallest absolute Gasteiger partial charge is 0.330 e. The van der Waals surface area contributed by atoms with E-state index in [0.717, 1.165) is 5.56 Å². The molecule has 1 aromatic heterocycles. The summed E-state index contributed by atoms with van der Waals surface area (Å²) in [6.45, 7) is 0. The van der Waals surface area contributed by atoms with Crippen LogP contribution >= 0.6 is 0 Å². The van der Waals surface area contributed by atoms with E-state index in [4.69, 9.17) is 5.26 Å². The fourth-order valence-electron chi connectivity index (χ4n) is 1.02. The molecule has 0 aliphatic rings. The molecule has 0 bridgehead atoms. The van der Waals surface area contributed by atoms with E-state index in [1.165, 1.54) is 13.2 Å². The van der Waals surface area contributed by atoms with E-state index in [9.17, 15) is 4.79 Å². The summed E-state index contributed by atoms with van der Waals surface area (Å²) >= 11 is 0. The van der Waals surface area contributed by atoms with Gasteiger partial charge >= 0.3 is 5.97 Å². The topological polar surface area (TPSA) is 55.0 Å². The molecule has 0 N–H and O–H groups in total. The van der Waals surface area contributed by atoms with Gasteiger partial charge < -0.3 is 9.30 Å². The monoisotopic (exact) mass is 190 g/mol. The SMILES string of the molecule is COC(=O)C=Cc1cc(C#N)n(C)c1. The van der Waals surface area contributed by atoms with Crippen LogP contribution in [0.15, 0.2) is 18.3 Å². The summed E-state index contributed by atoms with van der Waals surface area (Å²) in [5.41, 5.74) is 1.35. The lowest BCUT2D eigenvalue weighted by Crippen LogP contribution is -1.92. The quantitative estimate of drug-likeness (QED) is 0.518. The summed E-state index contributed by atoms with van der Waals surface area (Å²) in [4.78, 5) is 10.8. The molecule has 0 aliphatic heterocycles. The predicted molar refractivity (Wildman–Crippen MR) is 51.2 cm³/mol. The van der Waals surface area contributed by atoms with Crippen molar-refractivity contribution in [3.63, 3.8) is 0 Å². The van der Waals surface area contributed by atoms with Crippen LogP contribution in [0.25, 0.3) is 6.08 Å². The maximum Gasteiger partial charge on any atom is 0.330 e. The minimum atomic E-state index is -0.410. The van der Waals surface area contributed by atoms with Crippen molar-refractivity contribution in [2.45, 2.75) is 0 Å². The van der Waals surface area contributed by atoms with Gasteiger partial charge in [-0.25, -0.2) is 4.79 Å². The Labute approximate surface area is 82.0 Å². The Morgan fingerprint density at radius 2 is 2.43 bits per heavy atom. The van der Waals surface area contributed by atoms with E-state index in [0.29, 0.717) is 5.69 Å². The third-order valence-electron chi connectivity index (χ3n) is 1.75. The van der Waals surface area contributed by atoms with Crippen molar-refractivity contribution in [1.82, 2.24) is 4.57 Å². The molecule has 0 atom stereocenters. The Bertz CT molecular complexity index is 410. The number of ether oxygens (including phenoxy) is 1. The van der Waals surface area contributed by atoms with Gasteiger partial charge in [0.2, 0.25) is 0 Å². The van der Waals surface area contributed by atoms with Crippen molar-refractivity contribution < 1.29 is 9.53 Å². The predicted octanol–water partition coefficient (Wildman–Crippen LogP) is 1.08. The molecule has 0 saturated heterocycles. The first-order valence-corrected chi connectivity index (χ1v) is 4.00. The van der Waals surface area contributed by atoms with Crippen LogP contribution < -0.4 is 0 Å². The van der Waals surface area contributed by atoms with Crippen molar-refractivity contribution in [2.24, 2.45) is 7.05 Å². The van der Waals surface area contributed by atoms with Gasteiger partial charge in [0.25, 0.3) is 0 Å². The summed E-state index contributed by atoms with van der Waals surface area (Å²) in [5.74, 6) is -0.410. The number of rotatable bonds is 2. The lowest BCUT2D eigenvalue weighted by molar-refractivity contribution is -0.134. The van der Waals surface area contributed by atoms with Crippen LogP contribution in [0.3, 0.4) is 0 Å².